The van der Waals surface area contributed by atoms with E-state index in [0.29, 0.717) is 10.7 Å². The van der Waals surface area contributed by atoms with E-state index in [1.54, 1.807) is 22.7 Å². The average Bonchev–Trinajstić information content (AvgIpc) is 2.97. The van der Waals surface area contributed by atoms with Crippen LogP contribution in [-0.4, -0.2) is 15.8 Å². The van der Waals surface area contributed by atoms with Crippen LogP contribution in [0.3, 0.4) is 0 Å². The van der Waals surface area contributed by atoms with Crippen LogP contribution in [0.15, 0.2) is 29.0 Å². The average molecular weight is 382 g/mol. The Morgan fingerprint density at radius 1 is 1.12 bits per heavy atom. The van der Waals surface area contributed by atoms with Crippen molar-refractivity contribution in [1.82, 2.24) is 0 Å². The van der Waals surface area contributed by atoms with E-state index >= 15 is 0 Å². The summed E-state index contributed by atoms with van der Waals surface area (Å²) in [6.45, 7) is 0. The summed E-state index contributed by atoms with van der Waals surface area (Å²) in [6, 6.07) is 6.12. The molecule has 0 saturated heterocycles. The van der Waals surface area contributed by atoms with Gasteiger partial charge in [0.15, 0.2) is 0 Å². The minimum atomic E-state index is -0.834. The van der Waals surface area contributed by atoms with E-state index in [0.717, 1.165) is 10.4 Å². The van der Waals surface area contributed by atoms with E-state index in [2.05, 4.69) is 43.3 Å². The molecule has 2 aromatic heterocycles. The molecule has 0 aliphatic rings. The van der Waals surface area contributed by atoms with Crippen LogP contribution < -0.4 is 0 Å². The Morgan fingerprint density at radius 2 is 1.88 bits per heavy atom. The first kappa shape index (κ1) is 12.8. The lowest BCUT2D eigenvalue weighted by Crippen LogP contribution is -2.29. The summed E-state index contributed by atoms with van der Waals surface area (Å²) in [4.78, 5) is 2.38. The maximum absolute atomic E-state index is 10.5. The number of hydrogen-bond donors (Lipinski definition) is 1. The van der Waals surface area contributed by atoms with Gasteiger partial charge in [-0.25, -0.2) is 0 Å². The van der Waals surface area contributed by atoms with Crippen molar-refractivity contribution in [3.63, 3.8) is 0 Å². The molecule has 0 fully saturated rings. The standard InChI is InChI=1S/C11H10Br2OS2/c12-6-11(14,7-13)8-3-5-16-10(8)9-2-1-4-15-9/h1-5,14H,6-7H2. The lowest BCUT2D eigenvalue weighted by Gasteiger charge is -2.23. The maximum Gasteiger partial charge on any atom is 0.110 e. The topological polar surface area (TPSA) is 20.2 Å². The van der Waals surface area contributed by atoms with Gasteiger partial charge in [-0.2, -0.15) is 0 Å². The summed E-state index contributed by atoms with van der Waals surface area (Å²) >= 11 is 10.1. The molecule has 2 rings (SSSR count). The van der Waals surface area contributed by atoms with Gasteiger partial charge >= 0.3 is 0 Å². The molecule has 2 heterocycles. The van der Waals surface area contributed by atoms with Crippen LogP contribution in [0.2, 0.25) is 0 Å². The second-order valence-electron chi connectivity index (χ2n) is 3.44. The number of alkyl halides is 2. The third-order valence-corrected chi connectivity index (χ3v) is 6.17. The SMILES string of the molecule is OC(CBr)(CBr)c1ccsc1-c1cccs1. The van der Waals surface area contributed by atoms with Gasteiger partial charge in [-0.05, 0) is 22.9 Å². The van der Waals surface area contributed by atoms with Crippen molar-refractivity contribution in [1.29, 1.82) is 0 Å². The Morgan fingerprint density at radius 3 is 2.44 bits per heavy atom. The monoisotopic (exact) mass is 380 g/mol. The lowest BCUT2D eigenvalue weighted by atomic mass is 9.99. The van der Waals surface area contributed by atoms with Gasteiger partial charge in [-0.3, -0.25) is 0 Å². The van der Waals surface area contributed by atoms with Gasteiger partial charge in [0.1, 0.15) is 5.60 Å². The molecule has 0 radical (unpaired) electrons. The van der Waals surface area contributed by atoms with Gasteiger partial charge in [0, 0.05) is 21.1 Å². The fraction of sp³-hybridized carbons (Fsp3) is 0.273. The molecule has 0 amide bonds. The van der Waals surface area contributed by atoms with E-state index < -0.39 is 5.60 Å². The summed E-state index contributed by atoms with van der Waals surface area (Å²) in [5, 5.41) is 15.6. The zero-order chi connectivity index (χ0) is 11.6. The van der Waals surface area contributed by atoms with Crippen LogP contribution in [0.5, 0.6) is 0 Å². The van der Waals surface area contributed by atoms with Gasteiger partial charge in [-0.15, -0.1) is 22.7 Å². The Balaban J connectivity index is 2.47. The largest absolute Gasteiger partial charge is 0.383 e. The molecule has 0 spiro atoms. The Bertz CT molecular complexity index is 446. The van der Waals surface area contributed by atoms with Crippen LogP contribution >= 0.6 is 54.5 Å². The highest BCUT2D eigenvalue weighted by Gasteiger charge is 2.30. The Kier molecular flexibility index (Phi) is 4.24. The summed E-state index contributed by atoms with van der Waals surface area (Å²) < 4.78 is 0. The first-order valence-electron chi connectivity index (χ1n) is 4.67. The highest BCUT2D eigenvalue weighted by molar-refractivity contribution is 9.09. The second kappa shape index (κ2) is 5.31. The van der Waals surface area contributed by atoms with Crippen molar-refractivity contribution in [2.75, 3.05) is 10.7 Å². The number of rotatable bonds is 4. The third-order valence-electron chi connectivity index (χ3n) is 2.35. The van der Waals surface area contributed by atoms with Crippen molar-refractivity contribution >= 4 is 54.5 Å². The third kappa shape index (κ3) is 2.29. The molecule has 0 aliphatic heterocycles. The quantitative estimate of drug-likeness (QED) is 0.775. The molecule has 0 aliphatic carbocycles. The summed E-state index contributed by atoms with van der Waals surface area (Å²) in [5.74, 6) is 0. The molecule has 0 atom stereocenters. The summed E-state index contributed by atoms with van der Waals surface area (Å²) in [5.41, 5.74) is 0.160. The second-order valence-corrected chi connectivity index (χ2v) is 6.42. The van der Waals surface area contributed by atoms with Gasteiger partial charge in [-0.1, -0.05) is 37.9 Å². The molecule has 86 valence electrons. The molecule has 1 N–H and O–H groups in total. The van der Waals surface area contributed by atoms with E-state index in [9.17, 15) is 5.11 Å². The molecule has 2 aromatic rings. The van der Waals surface area contributed by atoms with E-state index in [1.807, 2.05) is 17.5 Å². The summed E-state index contributed by atoms with van der Waals surface area (Å²) in [6.07, 6.45) is 0. The molecule has 5 heteroatoms. The maximum atomic E-state index is 10.5. The predicted molar refractivity (Wildman–Crippen MR) is 79.1 cm³/mol. The van der Waals surface area contributed by atoms with Crippen LogP contribution in [-0.2, 0) is 5.60 Å². The molecule has 0 bridgehead atoms. The zero-order valence-electron chi connectivity index (χ0n) is 8.32. The van der Waals surface area contributed by atoms with Crippen molar-refractivity contribution in [2.24, 2.45) is 0 Å². The minimum Gasteiger partial charge on any atom is -0.383 e. The molecular weight excluding hydrogens is 372 g/mol. The molecule has 0 aromatic carbocycles. The first-order chi connectivity index (χ1) is 7.71. The normalized spacial score (nSPS) is 11.9. The first-order valence-corrected chi connectivity index (χ1v) is 8.67. The minimum absolute atomic E-state index is 0.528. The van der Waals surface area contributed by atoms with Crippen LogP contribution in [0.25, 0.3) is 9.75 Å². The van der Waals surface area contributed by atoms with Crippen molar-refractivity contribution in [3.8, 4) is 9.75 Å². The number of aliphatic hydroxyl groups is 1. The number of halogens is 2. The number of thiophene rings is 2. The fourth-order valence-corrected chi connectivity index (χ4v) is 4.86. The smallest absolute Gasteiger partial charge is 0.110 e. The lowest BCUT2D eigenvalue weighted by molar-refractivity contribution is 0.0930. The molecule has 1 nitrogen and oxygen atoms in total. The molecule has 0 unspecified atom stereocenters. The summed E-state index contributed by atoms with van der Waals surface area (Å²) in [7, 11) is 0. The van der Waals surface area contributed by atoms with Gasteiger partial charge in [0.2, 0.25) is 0 Å². The van der Waals surface area contributed by atoms with Crippen LogP contribution in [0.1, 0.15) is 5.56 Å². The predicted octanol–water partition coefficient (Wildman–Crippen LogP) is 4.45. The molecule has 16 heavy (non-hydrogen) atoms. The van der Waals surface area contributed by atoms with E-state index in [-0.39, 0.29) is 0 Å². The van der Waals surface area contributed by atoms with Crippen molar-refractivity contribution < 1.29 is 5.11 Å². The highest BCUT2D eigenvalue weighted by Crippen LogP contribution is 2.39. The molecule has 0 saturated carbocycles. The van der Waals surface area contributed by atoms with Crippen molar-refractivity contribution in [3.05, 3.63) is 34.5 Å². The fourth-order valence-electron chi connectivity index (χ4n) is 1.45. The van der Waals surface area contributed by atoms with E-state index in [4.69, 9.17) is 0 Å². The van der Waals surface area contributed by atoms with Gasteiger partial charge < -0.3 is 5.11 Å². The number of hydrogen-bond acceptors (Lipinski definition) is 3. The Hall–Kier alpha value is 0.320. The van der Waals surface area contributed by atoms with Gasteiger partial charge in [0.25, 0.3) is 0 Å². The van der Waals surface area contributed by atoms with Crippen molar-refractivity contribution in [2.45, 2.75) is 5.60 Å². The molecular formula is C11H10Br2OS2. The highest BCUT2D eigenvalue weighted by atomic mass is 79.9. The van der Waals surface area contributed by atoms with Gasteiger partial charge in [0.05, 0.1) is 4.88 Å². The van der Waals surface area contributed by atoms with Crippen LogP contribution in [0, 0.1) is 0 Å². The Labute approximate surface area is 119 Å². The van der Waals surface area contributed by atoms with Crippen LogP contribution in [0.4, 0.5) is 0 Å². The van der Waals surface area contributed by atoms with E-state index in [1.165, 1.54) is 4.88 Å². The zero-order valence-corrected chi connectivity index (χ0v) is 13.1.